The third kappa shape index (κ3) is 5.35. The van der Waals surface area contributed by atoms with Crippen molar-refractivity contribution in [2.75, 3.05) is 20.7 Å². The Morgan fingerprint density at radius 2 is 1.76 bits per heavy atom. The molecule has 0 heterocycles. The number of rotatable bonds is 7. The highest BCUT2D eigenvalue weighted by Crippen LogP contribution is 2.14. The standard InChI is InChI=1S/C20H24N2O3/c1-4-12-25-18-7-5-6-17(13-18)19(23)21-14-15-8-10-16(11-9-15)20(24)22(2)3/h5-11,13H,4,12,14H2,1-3H3,(H,21,23). The molecule has 5 nitrogen and oxygen atoms in total. The monoisotopic (exact) mass is 340 g/mol. The maximum absolute atomic E-state index is 12.3. The van der Waals surface area contributed by atoms with Crippen molar-refractivity contribution in [2.24, 2.45) is 0 Å². The van der Waals surface area contributed by atoms with Gasteiger partial charge in [-0.05, 0) is 42.3 Å². The normalized spacial score (nSPS) is 10.2. The summed E-state index contributed by atoms with van der Waals surface area (Å²) in [6, 6.07) is 14.4. The first kappa shape index (κ1) is 18.5. The molecule has 0 atom stereocenters. The Morgan fingerprint density at radius 1 is 1.04 bits per heavy atom. The molecule has 0 saturated heterocycles. The quantitative estimate of drug-likeness (QED) is 0.842. The van der Waals surface area contributed by atoms with Crippen LogP contribution >= 0.6 is 0 Å². The van der Waals surface area contributed by atoms with Gasteiger partial charge in [-0.25, -0.2) is 0 Å². The van der Waals surface area contributed by atoms with Crippen LogP contribution in [0.5, 0.6) is 5.75 Å². The Kier molecular flexibility index (Phi) is 6.57. The Morgan fingerprint density at radius 3 is 2.40 bits per heavy atom. The Bertz CT molecular complexity index is 724. The molecule has 25 heavy (non-hydrogen) atoms. The molecule has 0 aliphatic heterocycles. The summed E-state index contributed by atoms with van der Waals surface area (Å²) in [5.41, 5.74) is 2.12. The second kappa shape index (κ2) is 8.87. The van der Waals surface area contributed by atoms with Crippen LogP contribution in [-0.2, 0) is 6.54 Å². The Labute approximate surface area is 148 Å². The van der Waals surface area contributed by atoms with Crippen LogP contribution in [0.3, 0.4) is 0 Å². The van der Waals surface area contributed by atoms with E-state index in [-0.39, 0.29) is 11.8 Å². The zero-order chi connectivity index (χ0) is 18.2. The van der Waals surface area contributed by atoms with Crippen LogP contribution in [0.25, 0.3) is 0 Å². The van der Waals surface area contributed by atoms with Crippen LogP contribution in [-0.4, -0.2) is 37.4 Å². The van der Waals surface area contributed by atoms with Crippen LogP contribution in [0.1, 0.15) is 39.6 Å². The van der Waals surface area contributed by atoms with Crippen molar-refractivity contribution in [3.8, 4) is 5.75 Å². The molecule has 2 aromatic rings. The molecule has 0 saturated carbocycles. The number of amides is 2. The number of carbonyl (C=O) groups is 2. The average Bonchev–Trinajstić information content (AvgIpc) is 2.64. The number of hydrogen-bond donors (Lipinski definition) is 1. The number of hydrogen-bond acceptors (Lipinski definition) is 3. The van der Waals surface area contributed by atoms with Gasteiger partial charge in [-0.1, -0.05) is 25.1 Å². The molecule has 0 aromatic heterocycles. The number of nitrogens with zero attached hydrogens (tertiary/aromatic N) is 1. The van der Waals surface area contributed by atoms with E-state index in [1.54, 1.807) is 38.4 Å². The van der Waals surface area contributed by atoms with Gasteiger partial charge in [0.25, 0.3) is 11.8 Å². The zero-order valence-electron chi connectivity index (χ0n) is 14.9. The predicted molar refractivity (Wildman–Crippen MR) is 97.9 cm³/mol. The number of ether oxygens (including phenoxy) is 1. The summed E-state index contributed by atoms with van der Waals surface area (Å²) in [5.74, 6) is 0.496. The summed E-state index contributed by atoms with van der Waals surface area (Å²) in [7, 11) is 3.43. The van der Waals surface area contributed by atoms with Crippen LogP contribution in [0.2, 0.25) is 0 Å². The van der Waals surface area contributed by atoms with Gasteiger partial charge >= 0.3 is 0 Å². The van der Waals surface area contributed by atoms with E-state index < -0.39 is 0 Å². The first-order valence-electron chi connectivity index (χ1n) is 8.33. The summed E-state index contributed by atoms with van der Waals surface area (Å²) >= 11 is 0. The van der Waals surface area contributed by atoms with Gasteiger partial charge in [-0.15, -0.1) is 0 Å². The molecule has 0 aliphatic rings. The van der Waals surface area contributed by atoms with Crippen molar-refractivity contribution in [2.45, 2.75) is 19.9 Å². The van der Waals surface area contributed by atoms with Crippen molar-refractivity contribution in [1.29, 1.82) is 0 Å². The van der Waals surface area contributed by atoms with E-state index in [4.69, 9.17) is 4.74 Å². The van der Waals surface area contributed by atoms with Crippen LogP contribution < -0.4 is 10.1 Å². The maximum atomic E-state index is 12.3. The van der Waals surface area contributed by atoms with Gasteiger partial charge in [0.05, 0.1) is 6.61 Å². The van der Waals surface area contributed by atoms with Crippen molar-refractivity contribution in [1.82, 2.24) is 10.2 Å². The maximum Gasteiger partial charge on any atom is 0.253 e. The highest BCUT2D eigenvalue weighted by Gasteiger charge is 2.09. The smallest absolute Gasteiger partial charge is 0.253 e. The zero-order valence-corrected chi connectivity index (χ0v) is 14.9. The van der Waals surface area contributed by atoms with E-state index in [2.05, 4.69) is 5.32 Å². The Hall–Kier alpha value is -2.82. The lowest BCUT2D eigenvalue weighted by Crippen LogP contribution is -2.23. The largest absolute Gasteiger partial charge is 0.494 e. The second-order valence-corrected chi connectivity index (χ2v) is 5.96. The summed E-state index contributed by atoms with van der Waals surface area (Å²) in [5, 5.41) is 2.88. The molecule has 2 amide bonds. The molecule has 132 valence electrons. The number of carbonyl (C=O) groups excluding carboxylic acids is 2. The summed E-state index contributed by atoms with van der Waals surface area (Å²) < 4.78 is 5.55. The van der Waals surface area contributed by atoms with Gasteiger partial charge in [-0.3, -0.25) is 9.59 Å². The minimum Gasteiger partial charge on any atom is -0.494 e. The van der Waals surface area contributed by atoms with Crippen LogP contribution in [0, 0.1) is 0 Å². The molecule has 0 aliphatic carbocycles. The third-order valence-electron chi connectivity index (χ3n) is 3.63. The van der Waals surface area contributed by atoms with E-state index in [1.807, 2.05) is 31.2 Å². The fourth-order valence-electron chi connectivity index (χ4n) is 2.25. The molecule has 0 spiro atoms. The number of nitrogens with one attached hydrogen (secondary N) is 1. The average molecular weight is 340 g/mol. The lowest BCUT2D eigenvalue weighted by Gasteiger charge is -2.11. The topological polar surface area (TPSA) is 58.6 Å². The minimum absolute atomic E-state index is 0.0421. The molecule has 2 rings (SSSR count). The van der Waals surface area contributed by atoms with E-state index >= 15 is 0 Å². The molecule has 0 radical (unpaired) electrons. The fraction of sp³-hybridized carbons (Fsp3) is 0.300. The molecular weight excluding hydrogens is 316 g/mol. The van der Waals surface area contributed by atoms with Gasteiger partial charge in [0.15, 0.2) is 0 Å². The van der Waals surface area contributed by atoms with Crippen molar-refractivity contribution in [3.63, 3.8) is 0 Å². The molecule has 1 N–H and O–H groups in total. The molecule has 0 fully saturated rings. The highest BCUT2D eigenvalue weighted by molar-refractivity contribution is 5.95. The van der Waals surface area contributed by atoms with Gasteiger partial charge in [0.2, 0.25) is 0 Å². The van der Waals surface area contributed by atoms with E-state index in [0.717, 1.165) is 12.0 Å². The predicted octanol–water partition coefficient (Wildman–Crippen LogP) is 3.11. The van der Waals surface area contributed by atoms with Crippen molar-refractivity contribution >= 4 is 11.8 Å². The van der Waals surface area contributed by atoms with Crippen LogP contribution in [0.15, 0.2) is 48.5 Å². The SMILES string of the molecule is CCCOc1cccc(C(=O)NCc2ccc(C(=O)N(C)C)cc2)c1. The van der Waals surface area contributed by atoms with Gasteiger partial charge < -0.3 is 15.0 Å². The van der Waals surface area contributed by atoms with Gasteiger partial charge in [0, 0.05) is 31.8 Å². The summed E-state index contributed by atoms with van der Waals surface area (Å²) in [6.07, 6.45) is 0.919. The van der Waals surface area contributed by atoms with Crippen molar-refractivity contribution < 1.29 is 14.3 Å². The fourth-order valence-corrected chi connectivity index (χ4v) is 2.25. The van der Waals surface area contributed by atoms with E-state index in [1.165, 1.54) is 4.90 Å². The first-order valence-corrected chi connectivity index (χ1v) is 8.33. The number of benzene rings is 2. The van der Waals surface area contributed by atoms with Gasteiger partial charge in [0.1, 0.15) is 5.75 Å². The Balaban J connectivity index is 1.94. The molecule has 5 heteroatoms. The van der Waals surface area contributed by atoms with Gasteiger partial charge in [-0.2, -0.15) is 0 Å². The second-order valence-electron chi connectivity index (χ2n) is 5.96. The summed E-state index contributed by atoms with van der Waals surface area (Å²) in [4.78, 5) is 25.7. The molecule has 2 aromatic carbocycles. The third-order valence-corrected chi connectivity index (χ3v) is 3.63. The molecular formula is C20H24N2O3. The van der Waals surface area contributed by atoms with Crippen LogP contribution in [0.4, 0.5) is 0 Å². The van der Waals surface area contributed by atoms with Crippen molar-refractivity contribution in [3.05, 3.63) is 65.2 Å². The highest BCUT2D eigenvalue weighted by atomic mass is 16.5. The molecule has 0 unspecified atom stereocenters. The lowest BCUT2D eigenvalue weighted by atomic mass is 10.1. The minimum atomic E-state index is -0.157. The van der Waals surface area contributed by atoms with E-state index in [0.29, 0.717) is 30.0 Å². The van der Waals surface area contributed by atoms with E-state index in [9.17, 15) is 9.59 Å². The first-order chi connectivity index (χ1) is 12.0. The summed E-state index contributed by atoms with van der Waals surface area (Å²) in [6.45, 7) is 3.06. The molecule has 0 bridgehead atoms. The lowest BCUT2D eigenvalue weighted by molar-refractivity contribution is 0.0827.